The largest absolute Gasteiger partial charge is 0.491 e. The molecule has 0 bridgehead atoms. The molecular formula is C18H30N4O. The van der Waals surface area contributed by atoms with Crippen molar-refractivity contribution in [1.29, 1.82) is 0 Å². The van der Waals surface area contributed by atoms with Crippen molar-refractivity contribution in [3.63, 3.8) is 0 Å². The number of hydrogen-bond acceptors (Lipinski definition) is 3. The number of nitrogens with one attached hydrogen (secondary N) is 1. The van der Waals surface area contributed by atoms with E-state index in [0.717, 1.165) is 24.5 Å². The van der Waals surface area contributed by atoms with Crippen LogP contribution in [0.2, 0.25) is 0 Å². The fraction of sp³-hybridized carbons (Fsp3) is 0.611. The maximum absolute atomic E-state index is 6.02. The summed E-state index contributed by atoms with van der Waals surface area (Å²) in [6, 6.07) is 8.32. The second-order valence-corrected chi connectivity index (χ2v) is 6.32. The quantitative estimate of drug-likeness (QED) is 0.625. The van der Waals surface area contributed by atoms with Gasteiger partial charge in [-0.3, -0.25) is 9.89 Å². The highest BCUT2D eigenvalue weighted by Crippen LogP contribution is 2.18. The van der Waals surface area contributed by atoms with Gasteiger partial charge in [-0.2, -0.15) is 0 Å². The number of nitrogens with two attached hydrogens (primary N) is 1. The Balaban J connectivity index is 1.86. The number of likely N-dealkylation sites (tertiary alicyclic amines) is 1. The molecule has 128 valence electrons. The van der Waals surface area contributed by atoms with E-state index >= 15 is 0 Å². The Hall–Kier alpha value is -1.75. The summed E-state index contributed by atoms with van der Waals surface area (Å²) in [5.41, 5.74) is 6.95. The van der Waals surface area contributed by atoms with E-state index in [4.69, 9.17) is 10.5 Å². The highest BCUT2D eigenvalue weighted by molar-refractivity contribution is 5.92. The minimum absolute atomic E-state index is 0.178. The number of likely N-dealkylation sites (N-methyl/N-ethyl adjacent to an activating group) is 1. The minimum Gasteiger partial charge on any atom is -0.491 e. The number of piperidine rings is 1. The van der Waals surface area contributed by atoms with Gasteiger partial charge in [0, 0.05) is 11.7 Å². The zero-order valence-corrected chi connectivity index (χ0v) is 14.6. The number of nitrogens with zero attached hydrogens (tertiary/aromatic N) is 2. The first-order valence-corrected chi connectivity index (χ1v) is 8.66. The number of anilines is 1. The Morgan fingerprint density at radius 1 is 1.35 bits per heavy atom. The lowest BCUT2D eigenvalue weighted by Gasteiger charge is -2.33. The third-order valence-corrected chi connectivity index (χ3v) is 4.13. The van der Waals surface area contributed by atoms with Gasteiger partial charge in [-0.25, -0.2) is 0 Å². The number of hydrogen-bond donors (Lipinski definition) is 2. The topological polar surface area (TPSA) is 62.9 Å². The molecule has 0 aliphatic carbocycles. The van der Waals surface area contributed by atoms with Crippen LogP contribution in [-0.2, 0) is 0 Å². The SMILES string of the molecule is CCN1CCCCC1CN=C(N)Nc1ccc(OC(C)C)cc1. The van der Waals surface area contributed by atoms with Gasteiger partial charge >= 0.3 is 0 Å². The summed E-state index contributed by atoms with van der Waals surface area (Å²) in [6.07, 6.45) is 3.98. The molecule has 1 heterocycles. The second-order valence-electron chi connectivity index (χ2n) is 6.32. The van der Waals surface area contributed by atoms with Crippen LogP contribution in [0.3, 0.4) is 0 Å². The molecule has 2 rings (SSSR count). The van der Waals surface area contributed by atoms with E-state index in [9.17, 15) is 0 Å². The summed E-state index contributed by atoms with van der Waals surface area (Å²) < 4.78 is 5.63. The molecule has 1 unspecified atom stereocenters. The molecule has 1 saturated heterocycles. The highest BCUT2D eigenvalue weighted by atomic mass is 16.5. The van der Waals surface area contributed by atoms with Crippen molar-refractivity contribution in [2.45, 2.75) is 52.2 Å². The van der Waals surface area contributed by atoms with Crippen LogP contribution in [0, 0.1) is 0 Å². The molecule has 5 nitrogen and oxygen atoms in total. The molecule has 0 saturated carbocycles. The van der Waals surface area contributed by atoms with Crippen LogP contribution >= 0.6 is 0 Å². The summed E-state index contributed by atoms with van der Waals surface area (Å²) in [4.78, 5) is 7.02. The Labute approximate surface area is 139 Å². The molecule has 0 radical (unpaired) electrons. The molecule has 23 heavy (non-hydrogen) atoms. The Morgan fingerprint density at radius 3 is 2.74 bits per heavy atom. The third-order valence-electron chi connectivity index (χ3n) is 4.13. The average molecular weight is 318 g/mol. The molecule has 1 aliphatic heterocycles. The number of ether oxygens (including phenoxy) is 1. The second kappa shape index (κ2) is 8.77. The standard InChI is InChI=1S/C18H30N4O/c1-4-22-12-6-5-7-16(22)13-20-18(19)21-15-8-10-17(11-9-15)23-14(2)3/h8-11,14,16H,4-7,12-13H2,1-3H3,(H3,19,20,21). The van der Waals surface area contributed by atoms with Gasteiger partial charge in [-0.05, 0) is 64.0 Å². The summed E-state index contributed by atoms with van der Waals surface area (Å²) in [7, 11) is 0. The van der Waals surface area contributed by atoms with E-state index < -0.39 is 0 Å². The first-order chi connectivity index (χ1) is 11.1. The molecule has 1 aliphatic rings. The Morgan fingerprint density at radius 2 is 2.09 bits per heavy atom. The zero-order chi connectivity index (χ0) is 16.7. The van der Waals surface area contributed by atoms with Crippen LogP contribution in [0.4, 0.5) is 5.69 Å². The smallest absolute Gasteiger partial charge is 0.193 e. The van der Waals surface area contributed by atoms with Crippen molar-refractivity contribution in [1.82, 2.24) is 4.90 Å². The number of aliphatic imine (C=N–C) groups is 1. The van der Waals surface area contributed by atoms with Crippen molar-refractivity contribution in [3.05, 3.63) is 24.3 Å². The molecule has 3 N–H and O–H groups in total. The molecule has 0 aromatic heterocycles. The molecule has 1 aromatic rings. The van der Waals surface area contributed by atoms with Gasteiger partial charge in [0.25, 0.3) is 0 Å². The van der Waals surface area contributed by atoms with E-state index in [1.807, 2.05) is 38.1 Å². The van der Waals surface area contributed by atoms with Crippen molar-refractivity contribution >= 4 is 11.6 Å². The molecule has 1 aromatic carbocycles. The lowest BCUT2D eigenvalue weighted by atomic mass is 10.0. The fourth-order valence-electron chi connectivity index (χ4n) is 2.96. The number of benzene rings is 1. The summed E-state index contributed by atoms with van der Waals surface area (Å²) in [6.45, 7) is 9.28. The summed E-state index contributed by atoms with van der Waals surface area (Å²) in [5, 5.41) is 3.15. The first kappa shape index (κ1) is 17.6. The van der Waals surface area contributed by atoms with Crippen LogP contribution in [0.25, 0.3) is 0 Å². The Kier molecular flexibility index (Phi) is 6.71. The maximum atomic E-state index is 6.02. The lowest BCUT2D eigenvalue weighted by Crippen LogP contribution is -2.41. The number of rotatable bonds is 6. The first-order valence-electron chi connectivity index (χ1n) is 8.66. The number of guanidine groups is 1. The van der Waals surface area contributed by atoms with E-state index in [2.05, 4.69) is 22.1 Å². The molecule has 0 spiro atoms. The maximum Gasteiger partial charge on any atom is 0.193 e. The zero-order valence-electron chi connectivity index (χ0n) is 14.6. The van der Waals surface area contributed by atoms with Gasteiger partial charge in [-0.15, -0.1) is 0 Å². The van der Waals surface area contributed by atoms with Crippen molar-refractivity contribution in [2.24, 2.45) is 10.7 Å². The summed E-state index contributed by atoms with van der Waals surface area (Å²) in [5.74, 6) is 1.34. The van der Waals surface area contributed by atoms with Crippen molar-refractivity contribution in [3.8, 4) is 5.75 Å². The molecular weight excluding hydrogens is 288 g/mol. The average Bonchev–Trinajstić information content (AvgIpc) is 2.54. The Bertz CT molecular complexity index is 498. The van der Waals surface area contributed by atoms with Crippen LogP contribution in [-0.4, -0.2) is 42.6 Å². The van der Waals surface area contributed by atoms with Gasteiger partial charge in [0.15, 0.2) is 5.96 Å². The van der Waals surface area contributed by atoms with Crippen molar-refractivity contribution in [2.75, 3.05) is 25.0 Å². The van der Waals surface area contributed by atoms with E-state index in [1.165, 1.54) is 25.8 Å². The summed E-state index contributed by atoms with van der Waals surface area (Å²) >= 11 is 0. The van der Waals surface area contributed by atoms with Gasteiger partial charge in [0.1, 0.15) is 5.75 Å². The monoisotopic (exact) mass is 318 g/mol. The van der Waals surface area contributed by atoms with Crippen molar-refractivity contribution < 1.29 is 4.74 Å². The van der Waals surface area contributed by atoms with E-state index in [1.54, 1.807) is 0 Å². The van der Waals surface area contributed by atoms with E-state index in [-0.39, 0.29) is 6.10 Å². The van der Waals surface area contributed by atoms with Gasteiger partial charge in [0.05, 0.1) is 12.6 Å². The molecule has 1 atom stereocenters. The predicted molar refractivity (Wildman–Crippen MR) is 97.2 cm³/mol. The van der Waals surface area contributed by atoms with Crippen LogP contribution in [0.1, 0.15) is 40.0 Å². The van der Waals surface area contributed by atoms with Gasteiger partial charge in [0.2, 0.25) is 0 Å². The molecule has 1 fully saturated rings. The highest BCUT2D eigenvalue weighted by Gasteiger charge is 2.20. The van der Waals surface area contributed by atoms with Gasteiger partial charge in [-0.1, -0.05) is 13.3 Å². The van der Waals surface area contributed by atoms with Crippen LogP contribution in [0.15, 0.2) is 29.3 Å². The molecule has 5 heteroatoms. The van der Waals surface area contributed by atoms with Gasteiger partial charge < -0.3 is 15.8 Å². The minimum atomic E-state index is 0.178. The molecule has 0 amide bonds. The third kappa shape index (κ3) is 5.75. The van der Waals surface area contributed by atoms with Crippen LogP contribution < -0.4 is 15.8 Å². The predicted octanol–water partition coefficient (Wildman–Crippen LogP) is 3.07. The lowest BCUT2D eigenvalue weighted by molar-refractivity contribution is 0.161. The normalized spacial score (nSPS) is 19.8. The van der Waals surface area contributed by atoms with E-state index in [0.29, 0.717) is 12.0 Å². The van der Waals surface area contributed by atoms with Crippen LogP contribution in [0.5, 0.6) is 5.75 Å². The fourth-order valence-corrected chi connectivity index (χ4v) is 2.96.